The SMILES string of the molecule is COc1ccc(OCC(O)c2cccc(N)c2)cc1. The molecule has 0 bridgehead atoms. The van der Waals surface area contributed by atoms with Crippen molar-refractivity contribution in [3.8, 4) is 11.5 Å². The third kappa shape index (κ3) is 3.63. The van der Waals surface area contributed by atoms with Crippen LogP contribution in [0.2, 0.25) is 0 Å². The highest BCUT2D eigenvalue weighted by molar-refractivity contribution is 5.41. The number of rotatable bonds is 5. The van der Waals surface area contributed by atoms with Crippen LogP contribution in [0.25, 0.3) is 0 Å². The number of aliphatic hydroxyl groups is 1. The van der Waals surface area contributed by atoms with Crippen LogP contribution in [-0.4, -0.2) is 18.8 Å². The summed E-state index contributed by atoms with van der Waals surface area (Å²) in [5.74, 6) is 1.45. The molecule has 0 aliphatic rings. The molecule has 0 aromatic heterocycles. The molecule has 1 atom stereocenters. The minimum Gasteiger partial charge on any atom is -0.497 e. The highest BCUT2D eigenvalue weighted by Gasteiger charge is 2.08. The van der Waals surface area contributed by atoms with Crippen molar-refractivity contribution in [2.45, 2.75) is 6.10 Å². The lowest BCUT2D eigenvalue weighted by atomic mass is 10.1. The molecule has 0 fully saturated rings. The summed E-state index contributed by atoms with van der Waals surface area (Å²) in [6.07, 6.45) is -0.703. The van der Waals surface area contributed by atoms with E-state index in [0.29, 0.717) is 11.4 Å². The Kier molecular flexibility index (Phi) is 4.26. The zero-order chi connectivity index (χ0) is 13.7. The minimum absolute atomic E-state index is 0.176. The van der Waals surface area contributed by atoms with Crippen LogP contribution in [0.15, 0.2) is 48.5 Å². The minimum atomic E-state index is -0.703. The summed E-state index contributed by atoms with van der Waals surface area (Å²) in [7, 11) is 1.61. The number of nitrogens with two attached hydrogens (primary N) is 1. The van der Waals surface area contributed by atoms with Crippen LogP contribution < -0.4 is 15.2 Å². The van der Waals surface area contributed by atoms with Crippen molar-refractivity contribution in [1.82, 2.24) is 0 Å². The van der Waals surface area contributed by atoms with Crippen molar-refractivity contribution < 1.29 is 14.6 Å². The highest BCUT2D eigenvalue weighted by Crippen LogP contribution is 2.20. The fourth-order valence-electron chi connectivity index (χ4n) is 1.71. The summed E-state index contributed by atoms with van der Waals surface area (Å²) in [5.41, 5.74) is 7.04. The summed E-state index contributed by atoms with van der Waals surface area (Å²) in [4.78, 5) is 0. The van der Waals surface area contributed by atoms with E-state index < -0.39 is 6.10 Å². The standard InChI is InChI=1S/C15H17NO3/c1-18-13-5-7-14(8-6-13)19-10-15(17)11-3-2-4-12(16)9-11/h2-9,15,17H,10,16H2,1H3. The first-order valence-electron chi connectivity index (χ1n) is 5.99. The molecule has 3 N–H and O–H groups in total. The Balaban J connectivity index is 1.94. The number of hydrogen-bond donors (Lipinski definition) is 2. The maximum Gasteiger partial charge on any atom is 0.119 e. The highest BCUT2D eigenvalue weighted by atomic mass is 16.5. The predicted molar refractivity (Wildman–Crippen MR) is 74.3 cm³/mol. The monoisotopic (exact) mass is 259 g/mol. The van der Waals surface area contributed by atoms with E-state index in [4.69, 9.17) is 15.2 Å². The van der Waals surface area contributed by atoms with Gasteiger partial charge in [0.25, 0.3) is 0 Å². The number of methoxy groups -OCH3 is 1. The molecule has 0 spiro atoms. The smallest absolute Gasteiger partial charge is 0.119 e. The van der Waals surface area contributed by atoms with Crippen LogP contribution >= 0.6 is 0 Å². The van der Waals surface area contributed by atoms with Gasteiger partial charge in [-0.1, -0.05) is 12.1 Å². The fourth-order valence-corrected chi connectivity index (χ4v) is 1.71. The van der Waals surface area contributed by atoms with Gasteiger partial charge < -0.3 is 20.3 Å². The zero-order valence-electron chi connectivity index (χ0n) is 10.7. The Morgan fingerprint density at radius 2 is 1.79 bits per heavy atom. The zero-order valence-corrected chi connectivity index (χ0v) is 10.7. The molecule has 0 saturated carbocycles. The van der Waals surface area contributed by atoms with E-state index in [-0.39, 0.29) is 6.61 Å². The second-order valence-electron chi connectivity index (χ2n) is 4.17. The largest absolute Gasteiger partial charge is 0.497 e. The fraction of sp³-hybridized carbons (Fsp3) is 0.200. The Morgan fingerprint density at radius 3 is 2.42 bits per heavy atom. The molecule has 0 aliphatic carbocycles. The Bertz CT molecular complexity index is 525. The maximum atomic E-state index is 10.0. The van der Waals surface area contributed by atoms with E-state index in [0.717, 1.165) is 11.3 Å². The van der Waals surface area contributed by atoms with E-state index >= 15 is 0 Å². The molecule has 2 rings (SSSR count). The van der Waals surface area contributed by atoms with Crippen LogP contribution in [-0.2, 0) is 0 Å². The van der Waals surface area contributed by atoms with E-state index in [1.165, 1.54) is 0 Å². The second kappa shape index (κ2) is 6.11. The predicted octanol–water partition coefficient (Wildman–Crippen LogP) is 2.39. The first kappa shape index (κ1) is 13.2. The lowest BCUT2D eigenvalue weighted by Crippen LogP contribution is -2.09. The van der Waals surface area contributed by atoms with E-state index in [9.17, 15) is 5.11 Å². The Morgan fingerprint density at radius 1 is 1.11 bits per heavy atom. The molecule has 0 aliphatic heterocycles. The molecule has 19 heavy (non-hydrogen) atoms. The van der Waals surface area contributed by atoms with Gasteiger partial charge in [-0.3, -0.25) is 0 Å². The molecule has 100 valence electrons. The summed E-state index contributed by atoms with van der Waals surface area (Å²) in [6.45, 7) is 0.176. The van der Waals surface area contributed by atoms with Crippen LogP contribution in [0.1, 0.15) is 11.7 Å². The summed E-state index contributed by atoms with van der Waals surface area (Å²) in [6, 6.07) is 14.3. The molecule has 4 nitrogen and oxygen atoms in total. The van der Waals surface area contributed by atoms with Crippen molar-refractivity contribution >= 4 is 5.69 Å². The third-order valence-electron chi connectivity index (χ3n) is 2.76. The molecule has 0 saturated heterocycles. The average molecular weight is 259 g/mol. The van der Waals surface area contributed by atoms with Crippen molar-refractivity contribution in [3.05, 3.63) is 54.1 Å². The molecule has 0 amide bonds. The number of hydrogen-bond acceptors (Lipinski definition) is 4. The first-order valence-corrected chi connectivity index (χ1v) is 5.99. The van der Waals surface area contributed by atoms with Gasteiger partial charge in [-0.05, 0) is 42.0 Å². The quantitative estimate of drug-likeness (QED) is 0.809. The number of ether oxygens (including phenoxy) is 2. The average Bonchev–Trinajstić information content (AvgIpc) is 2.45. The molecule has 2 aromatic rings. The number of benzene rings is 2. The van der Waals surface area contributed by atoms with Gasteiger partial charge in [-0.15, -0.1) is 0 Å². The molecule has 1 unspecified atom stereocenters. The van der Waals surface area contributed by atoms with Crippen LogP contribution in [0, 0.1) is 0 Å². The Hall–Kier alpha value is -2.20. The number of aliphatic hydroxyl groups excluding tert-OH is 1. The second-order valence-corrected chi connectivity index (χ2v) is 4.17. The van der Waals surface area contributed by atoms with Crippen molar-refractivity contribution in [2.75, 3.05) is 19.5 Å². The lowest BCUT2D eigenvalue weighted by Gasteiger charge is -2.13. The van der Waals surface area contributed by atoms with E-state index in [1.54, 1.807) is 37.4 Å². The summed E-state index contributed by atoms with van der Waals surface area (Å²) >= 11 is 0. The molecule has 4 heteroatoms. The van der Waals surface area contributed by atoms with Crippen molar-refractivity contribution in [2.24, 2.45) is 0 Å². The van der Waals surface area contributed by atoms with E-state index in [2.05, 4.69) is 0 Å². The lowest BCUT2D eigenvalue weighted by molar-refractivity contribution is 0.108. The maximum absolute atomic E-state index is 10.0. The molecule has 0 radical (unpaired) electrons. The van der Waals surface area contributed by atoms with Gasteiger partial charge in [0, 0.05) is 5.69 Å². The molecule has 2 aromatic carbocycles. The van der Waals surface area contributed by atoms with E-state index in [1.807, 2.05) is 18.2 Å². The van der Waals surface area contributed by atoms with Crippen LogP contribution in [0.3, 0.4) is 0 Å². The van der Waals surface area contributed by atoms with Crippen molar-refractivity contribution in [1.29, 1.82) is 0 Å². The van der Waals surface area contributed by atoms with Crippen molar-refractivity contribution in [3.63, 3.8) is 0 Å². The topological polar surface area (TPSA) is 64.7 Å². The van der Waals surface area contributed by atoms with Gasteiger partial charge in [0.05, 0.1) is 7.11 Å². The van der Waals surface area contributed by atoms with Gasteiger partial charge in [-0.25, -0.2) is 0 Å². The normalized spacial score (nSPS) is 11.9. The molecule has 0 heterocycles. The summed E-state index contributed by atoms with van der Waals surface area (Å²) in [5, 5.41) is 10.0. The third-order valence-corrected chi connectivity index (χ3v) is 2.76. The van der Waals surface area contributed by atoms with Crippen LogP contribution in [0.5, 0.6) is 11.5 Å². The number of nitrogen functional groups attached to an aromatic ring is 1. The van der Waals surface area contributed by atoms with Gasteiger partial charge in [0.2, 0.25) is 0 Å². The van der Waals surface area contributed by atoms with Crippen LogP contribution in [0.4, 0.5) is 5.69 Å². The van der Waals surface area contributed by atoms with Gasteiger partial charge in [0.15, 0.2) is 0 Å². The first-order chi connectivity index (χ1) is 9.19. The summed E-state index contributed by atoms with van der Waals surface area (Å²) < 4.78 is 10.6. The van der Waals surface area contributed by atoms with Gasteiger partial charge >= 0.3 is 0 Å². The number of anilines is 1. The molecular weight excluding hydrogens is 242 g/mol. The molecular formula is C15H17NO3. The van der Waals surface area contributed by atoms with Gasteiger partial charge in [0.1, 0.15) is 24.2 Å². The van der Waals surface area contributed by atoms with Gasteiger partial charge in [-0.2, -0.15) is 0 Å². The Labute approximate surface area is 112 Å².